The number of halogens is 4. The molecule has 0 aliphatic carbocycles. The minimum atomic E-state index is -4.46. The van der Waals surface area contributed by atoms with E-state index in [0.29, 0.717) is 0 Å². The Kier molecular flexibility index (Phi) is 4.61. The standard InChI is InChI=1S/C10H10BrF3O2/c11-6-7-2-1-3-8(16-5-4-15)9(7)10(12,13)14/h1-3,15H,4-6H2. The van der Waals surface area contributed by atoms with Gasteiger partial charge in [0.25, 0.3) is 0 Å². The van der Waals surface area contributed by atoms with Crippen molar-refractivity contribution < 1.29 is 23.0 Å². The third-order valence-corrected chi connectivity index (χ3v) is 2.49. The van der Waals surface area contributed by atoms with Gasteiger partial charge in [0.15, 0.2) is 0 Å². The van der Waals surface area contributed by atoms with Crippen molar-refractivity contribution in [2.24, 2.45) is 0 Å². The highest BCUT2D eigenvalue weighted by Gasteiger charge is 2.36. The largest absolute Gasteiger partial charge is 0.491 e. The Morgan fingerprint density at radius 3 is 2.50 bits per heavy atom. The second-order valence-electron chi connectivity index (χ2n) is 2.99. The number of alkyl halides is 4. The van der Waals surface area contributed by atoms with Crippen LogP contribution in [0.2, 0.25) is 0 Å². The van der Waals surface area contributed by atoms with Crippen molar-refractivity contribution in [3.63, 3.8) is 0 Å². The lowest BCUT2D eigenvalue weighted by atomic mass is 10.1. The minimum Gasteiger partial charge on any atom is -0.491 e. The number of aliphatic hydroxyl groups excluding tert-OH is 1. The van der Waals surface area contributed by atoms with Gasteiger partial charge in [0.2, 0.25) is 0 Å². The molecular formula is C10H10BrF3O2. The van der Waals surface area contributed by atoms with Crippen LogP contribution in [0.3, 0.4) is 0 Å². The van der Waals surface area contributed by atoms with E-state index in [-0.39, 0.29) is 29.9 Å². The number of rotatable bonds is 4. The maximum Gasteiger partial charge on any atom is 0.420 e. The fraction of sp³-hybridized carbons (Fsp3) is 0.400. The summed E-state index contributed by atoms with van der Waals surface area (Å²) in [5.74, 6) is -0.251. The van der Waals surface area contributed by atoms with E-state index in [0.717, 1.165) is 0 Å². The maximum atomic E-state index is 12.8. The molecule has 0 aliphatic rings. The Hall–Kier alpha value is -0.750. The predicted octanol–water partition coefficient (Wildman–Crippen LogP) is 2.97. The third-order valence-electron chi connectivity index (χ3n) is 1.89. The first-order chi connectivity index (χ1) is 7.50. The van der Waals surface area contributed by atoms with Crippen molar-refractivity contribution in [1.82, 2.24) is 0 Å². The topological polar surface area (TPSA) is 29.5 Å². The Balaban J connectivity index is 3.16. The molecule has 2 nitrogen and oxygen atoms in total. The summed E-state index contributed by atoms with van der Waals surface area (Å²) in [6, 6.07) is 4.10. The summed E-state index contributed by atoms with van der Waals surface area (Å²) in [6.45, 7) is -0.481. The van der Waals surface area contributed by atoms with Gasteiger partial charge in [-0.3, -0.25) is 0 Å². The molecule has 0 fully saturated rings. The van der Waals surface area contributed by atoms with Crippen LogP contribution in [0.1, 0.15) is 11.1 Å². The summed E-state index contributed by atoms with van der Waals surface area (Å²) in [7, 11) is 0. The van der Waals surface area contributed by atoms with E-state index in [4.69, 9.17) is 9.84 Å². The zero-order chi connectivity index (χ0) is 12.2. The zero-order valence-electron chi connectivity index (χ0n) is 8.22. The molecule has 16 heavy (non-hydrogen) atoms. The summed E-state index contributed by atoms with van der Waals surface area (Å²) in [5.41, 5.74) is -0.678. The maximum absolute atomic E-state index is 12.8. The van der Waals surface area contributed by atoms with Crippen LogP contribution in [-0.2, 0) is 11.5 Å². The molecule has 0 spiro atoms. The molecule has 0 bridgehead atoms. The van der Waals surface area contributed by atoms with Crippen LogP contribution in [0.25, 0.3) is 0 Å². The SMILES string of the molecule is OCCOc1cccc(CBr)c1C(F)(F)F. The van der Waals surface area contributed by atoms with Gasteiger partial charge in [-0.25, -0.2) is 0 Å². The van der Waals surface area contributed by atoms with E-state index in [1.54, 1.807) is 0 Å². The van der Waals surface area contributed by atoms with E-state index in [2.05, 4.69) is 15.9 Å². The molecular weight excluding hydrogens is 289 g/mol. The molecule has 0 unspecified atom stereocenters. The number of hydrogen-bond donors (Lipinski definition) is 1. The molecule has 0 radical (unpaired) electrons. The molecule has 0 atom stereocenters. The molecule has 1 aromatic rings. The summed E-state index contributed by atoms with van der Waals surface area (Å²) < 4.78 is 43.1. The second kappa shape index (κ2) is 5.54. The van der Waals surface area contributed by atoms with Crippen LogP contribution >= 0.6 is 15.9 Å². The summed E-state index contributed by atoms with van der Waals surface area (Å²) >= 11 is 3.00. The quantitative estimate of drug-likeness (QED) is 0.866. The first-order valence-electron chi connectivity index (χ1n) is 4.49. The lowest BCUT2D eigenvalue weighted by Gasteiger charge is -2.16. The molecule has 0 heterocycles. The van der Waals surface area contributed by atoms with Crippen molar-refractivity contribution >= 4 is 15.9 Å². The van der Waals surface area contributed by atoms with Gasteiger partial charge in [0.1, 0.15) is 17.9 Å². The highest BCUT2D eigenvalue weighted by molar-refractivity contribution is 9.08. The van der Waals surface area contributed by atoms with Crippen molar-refractivity contribution in [2.75, 3.05) is 13.2 Å². The van der Waals surface area contributed by atoms with Crippen LogP contribution in [-0.4, -0.2) is 18.3 Å². The lowest BCUT2D eigenvalue weighted by Crippen LogP contribution is -2.13. The fourth-order valence-corrected chi connectivity index (χ4v) is 1.75. The third kappa shape index (κ3) is 3.12. The van der Waals surface area contributed by atoms with E-state index < -0.39 is 11.7 Å². The molecule has 90 valence electrons. The summed E-state index contributed by atoms with van der Waals surface area (Å²) in [5, 5.41) is 8.63. The average Bonchev–Trinajstić information content (AvgIpc) is 2.24. The lowest BCUT2D eigenvalue weighted by molar-refractivity contribution is -0.139. The highest BCUT2D eigenvalue weighted by Crippen LogP contribution is 2.39. The Bertz CT molecular complexity index is 352. The fourth-order valence-electron chi connectivity index (χ4n) is 1.29. The molecule has 1 aromatic carbocycles. The second-order valence-corrected chi connectivity index (χ2v) is 3.55. The molecule has 6 heteroatoms. The van der Waals surface area contributed by atoms with Gasteiger partial charge in [-0.1, -0.05) is 28.1 Å². The molecule has 1 rings (SSSR count). The Morgan fingerprint density at radius 1 is 1.31 bits per heavy atom. The Labute approximate surface area is 99.2 Å². The van der Waals surface area contributed by atoms with E-state index in [1.807, 2.05) is 0 Å². The number of hydrogen-bond acceptors (Lipinski definition) is 2. The van der Waals surface area contributed by atoms with E-state index in [9.17, 15) is 13.2 Å². The van der Waals surface area contributed by atoms with Crippen molar-refractivity contribution in [1.29, 1.82) is 0 Å². The first kappa shape index (κ1) is 13.3. The molecule has 0 aromatic heterocycles. The van der Waals surface area contributed by atoms with Gasteiger partial charge in [0, 0.05) is 5.33 Å². The smallest absolute Gasteiger partial charge is 0.420 e. The van der Waals surface area contributed by atoms with Crippen LogP contribution in [0.5, 0.6) is 5.75 Å². The molecule has 0 amide bonds. The molecule has 1 N–H and O–H groups in total. The average molecular weight is 299 g/mol. The molecule has 0 aliphatic heterocycles. The summed E-state index contributed by atoms with van der Waals surface area (Å²) in [4.78, 5) is 0. The number of benzene rings is 1. The van der Waals surface area contributed by atoms with Crippen molar-refractivity contribution in [3.8, 4) is 5.75 Å². The van der Waals surface area contributed by atoms with Gasteiger partial charge < -0.3 is 9.84 Å². The van der Waals surface area contributed by atoms with E-state index in [1.165, 1.54) is 18.2 Å². The monoisotopic (exact) mass is 298 g/mol. The van der Waals surface area contributed by atoms with Gasteiger partial charge in [-0.15, -0.1) is 0 Å². The minimum absolute atomic E-state index is 0.0954. The first-order valence-corrected chi connectivity index (χ1v) is 5.61. The van der Waals surface area contributed by atoms with E-state index >= 15 is 0 Å². The van der Waals surface area contributed by atoms with Gasteiger partial charge in [-0.2, -0.15) is 13.2 Å². The van der Waals surface area contributed by atoms with Crippen LogP contribution < -0.4 is 4.74 Å². The van der Waals surface area contributed by atoms with Crippen molar-refractivity contribution in [2.45, 2.75) is 11.5 Å². The van der Waals surface area contributed by atoms with Gasteiger partial charge in [0.05, 0.1) is 6.61 Å². The summed E-state index contributed by atoms with van der Waals surface area (Å²) in [6.07, 6.45) is -4.46. The molecule has 0 saturated carbocycles. The molecule has 0 saturated heterocycles. The zero-order valence-corrected chi connectivity index (χ0v) is 9.81. The normalized spacial score (nSPS) is 11.6. The van der Waals surface area contributed by atoms with Crippen LogP contribution in [0.4, 0.5) is 13.2 Å². The number of ether oxygens (including phenoxy) is 1. The predicted molar refractivity (Wildman–Crippen MR) is 56.7 cm³/mol. The number of aliphatic hydroxyl groups is 1. The Morgan fingerprint density at radius 2 is 2.00 bits per heavy atom. The van der Waals surface area contributed by atoms with Crippen molar-refractivity contribution in [3.05, 3.63) is 29.3 Å². The van der Waals surface area contributed by atoms with Gasteiger partial charge in [-0.05, 0) is 11.6 Å². The van der Waals surface area contributed by atoms with Crippen LogP contribution in [0.15, 0.2) is 18.2 Å². The van der Waals surface area contributed by atoms with Crippen LogP contribution in [0, 0.1) is 0 Å². The highest BCUT2D eigenvalue weighted by atomic mass is 79.9. The van der Waals surface area contributed by atoms with Gasteiger partial charge >= 0.3 is 6.18 Å².